The third-order valence-electron chi connectivity index (χ3n) is 4.47. The highest BCUT2D eigenvalue weighted by Gasteiger charge is 2.47. The van der Waals surface area contributed by atoms with Crippen molar-refractivity contribution in [2.45, 2.75) is 24.5 Å². The number of esters is 1. The fraction of sp³-hybridized carbons (Fsp3) is 0.294. The van der Waals surface area contributed by atoms with Gasteiger partial charge in [-0.15, -0.1) is 0 Å². The molecule has 28 heavy (non-hydrogen) atoms. The Morgan fingerprint density at radius 2 is 2.11 bits per heavy atom. The van der Waals surface area contributed by atoms with Gasteiger partial charge in [-0.25, -0.2) is 9.78 Å². The molecule has 0 aliphatic carbocycles. The topological polar surface area (TPSA) is 166 Å². The number of imidazole rings is 1. The average Bonchev–Trinajstić information content (AvgIpc) is 3.24. The number of anilines is 1. The number of aliphatic hydroxyl groups is 2. The van der Waals surface area contributed by atoms with E-state index in [4.69, 9.17) is 15.2 Å². The molecule has 1 aliphatic rings. The molecule has 1 fully saturated rings. The summed E-state index contributed by atoms with van der Waals surface area (Å²) >= 11 is 0. The number of aliphatic hydroxyl groups excluding tert-OH is 2. The largest absolute Gasteiger partial charge is 0.451 e. The molecule has 4 atom stereocenters. The summed E-state index contributed by atoms with van der Waals surface area (Å²) in [6.45, 7) is -0.500. The van der Waals surface area contributed by atoms with E-state index in [1.54, 1.807) is 30.3 Å². The van der Waals surface area contributed by atoms with Gasteiger partial charge in [0.1, 0.15) is 12.2 Å². The summed E-state index contributed by atoms with van der Waals surface area (Å²) in [5.41, 5.74) is 5.44. The lowest BCUT2D eigenvalue weighted by molar-refractivity contribution is -0.0564. The fourth-order valence-electron chi connectivity index (χ4n) is 3.12. The minimum Gasteiger partial charge on any atom is -0.451 e. The molecule has 1 saturated heterocycles. The zero-order chi connectivity index (χ0) is 19.8. The van der Waals surface area contributed by atoms with Crippen LogP contribution in [0.5, 0.6) is 0 Å². The first-order valence-corrected chi connectivity index (χ1v) is 8.42. The average molecular weight is 387 g/mol. The lowest BCUT2D eigenvalue weighted by Gasteiger charge is -2.22. The van der Waals surface area contributed by atoms with Gasteiger partial charge in [0.25, 0.3) is 5.56 Å². The maximum absolute atomic E-state index is 12.5. The van der Waals surface area contributed by atoms with Crippen LogP contribution in [0, 0.1) is 0 Å². The van der Waals surface area contributed by atoms with Crippen LogP contribution >= 0.6 is 0 Å². The van der Waals surface area contributed by atoms with Crippen LogP contribution in [-0.2, 0) is 9.47 Å². The minimum absolute atomic E-state index is 0.00729. The molecule has 1 aliphatic heterocycles. The summed E-state index contributed by atoms with van der Waals surface area (Å²) in [6, 6.07) is 8.23. The molecule has 5 N–H and O–H groups in total. The van der Waals surface area contributed by atoms with Crippen molar-refractivity contribution in [1.82, 2.24) is 19.5 Å². The van der Waals surface area contributed by atoms with Crippen LogP contribution in [-0.4, -0.2) is 60.6 Å². The predicted molar refractivity (Wildman–Crippen MR) is 95.2 cm³/mol. The molecule has 4 rings (SSSR count). The molecule has 0 bridgehead atoms. The first-order chi connectivity index (χ1) is 13.5. The Bertz CT molecular complexity index is 1060. The first kappa shape index (κ1) is 18.1. The number of aromatic amines is 1. The van der Waals surface area contributed by atoms with Crippen molar-refractivity contribution in [3.05, 3.63) is 52.6 Å². The molecule has 146 valence electrons. The number of hydrogen-bond donors (Lipinski definition) is 4. The highest BCUT2D eigenvalue weighted by molar-refractivity contribution is 5.89. The number of H-pyrrole nitrogens is 1. The summed E-state index contributed by atoms with van der Waals surface area (Å²) in [6.07, 6.45) is -3.29. The Balaban J connectivity index is 1.72. The van der Waals surface area contributed by atoms with Gasteiger partial charge in [-0.3, -0.25) is 14.3 Å². The van der Waals surface area contributed by atoms with Crippen LogP contribution in [0.25, 0.3) is 11.2 Å². The van der Waals surface area contributed by atoms with Crippen molar-refractivity contribution in [2.75, 3.05) is 12.3 Å². The van der Waals surface area contributed by atoms with Gasteiger partial charge in [-0.2, -0.15) is 4.98 Å². The predicted octanol–water partition coefficient (Wildman–Crippen LogP) is -0.822. The summed E-state index contributed by atoms with van der Waals surface area (Å²) < 4.78 is 12.5. The Hall–Kier alpha value is -3.28. The molecule has 3 aromatic rings. The highest BCUT2D eigenvalue weighted by Crippen LogP contribution is 2.33. The zero-order valence-corrected chi connectivity index (χ0v) is 14.4. The standard InChI is InChI=1S/C17H17N5O6/c18-17-20-13-10(14(25)21-17)19-7-22(13)15-12(11(24)9(6-23)27-15)28-16(26)8-4-2-1-3-5-8/h1-5,7,9,11-12,15,23-24H,6H2,(H3,18,20,21,25)/t9-,11-,12-,15-/m1/s1. The quantitative estimate of drug-likeness (QED) is 0.418. The van der Waals surface area contributed by atoms with E-state index in [9.17, 15) is 19.8 Å². The molecular weight excluding hydrogens is 370 g/mol. The summed E-state index contributed by atoms with van der Waals surface area (Å²) in [7, 11) is 0. The number of nitrogens with zero attached hydrogens (tertiary/aromatic N) is 3. The number of carbonyl (C=O) groups excluding carboxylic acids is 1. The molecule has 1 aromatic carbocycles. The Kier molecular flexibility index (Phi) is 4.55. The second-order valence-corrected chi connectivity index (χ2v) is 6.25. The smallest absolute Gasteiger partial charge is 0.338 e. The molecular formula is C17H17N5O6. The first-order valence-electron chi connectivity index (χ1n) is 8.42. The van der Waals surface area contributed by atoms with Gasteiger partial charge in [-0.05, 0) is 12.1 Å². The van der Waals surface area contributed by atoms with Crippen LogP contribution < -0.4 is 11.3 Å². The number of hydrogen-bond acceptors (Lipinski definition) is 9. The lowest BCUT2D eigenvalue weighted by atomic mass is 10.1. The SMILES string of the molecule is Nc1nc2c(ncn2[C@@H]2O[C@H](CO)[C@@H](O)[C@H]2OC(=O)c2ccccc2)c(=O)[nH]1. The van der Waals surface area contributed by atoms with Crippen molar-refractivity contribution in [2.24, 2.45) is 0 Å². The van der Waals surface area contributed by atoms with Crippen molar-refractivity contribution in [1.29, 1.82) is 0 Å². The van der Waals surface area contributed by atoms with Crippen molar-refractivity contribution in [3.8, 4) is 0 Å². The van der Waals surface area contributed by atoms with Gasteiger partial charge in [0, 0.05) is 0 Å². The number of benzene rings is 1. The van der Waals surface area contributed by atoms with E-state index in [0.29, 0.717) is 0 Å². The molecule has 0 radical (unpaired) electrons. The molecule has 2 aromatic heterocycles. The van der Waals surface area contributed by atoms with Crippen LogP contribution in [0.4, 0.5) is 5.95 Å². The molecule has 0 unspecified atom stereocenters. The van der Waals surface area contributed by atoms with E-state index in [1.807, 2.05) is 0 Å². The van der Waals surface area contributed by atoms with Crippen LogP contribution in [0.1, 0.15) is 16.6 Å². The number of fused-ring (bicyclic) bond motifs is 1. The number of ether oxygens (including phenoxy) is 2. The number of nitrogens with one attached hydrogen (secondary N) is 1. The van der Waals surface area contributed by atoms with Gasteiger partial charge in [0.15, 0.2) is 23.5 Å². The lowest BCUT2D eigenvalue weighted by Crippen LogP contribution is -2.37. The van der Waals surface area contributed by atoms with Crippen molar-refractivity contribution < 1.29 is 24.5 Å². The number of rotatable bonds is 4. The number of nitrogens with two attached hydrogens (primary N) is 1. The molecule has 0 amide bonds. The maximum atomic E-state index is 12.5. The van der Waals surface area contributed by atoms with Gasteiger partial charge in [0.05, 0.1) is 18.5 Å². The molecule has 3 heterocycles. The van der Waals surface area contributed by atoms with Crippen LogP contribution in [0.2, 0.25) is 0 Å². The second kappa shape index (κ2) is 7.03. The minimum atomic E-state index is -1.31. The zero-order valence-electron chi connectivity index (χ0n) is 14.4. The van der Waals surface area contributed by atoms with E-state index in [-0.39, 0.29) is 22.7 Å². The number of nitrogen functional groups attached to an aromatic ring is 1. The fourth-order valence-corrected chi connectivity index (χ4v) is 3.12. The Morgan fingerprint density at radius 1 is 1.36 bits per heavy atom. The normalized spacial score (nSPS) is 24.5. The molecule has 11 heteroatoms. The summed E-state index contributed by atoms with van der Waals surface area (Å²) in [5, 5.41) is 20.0. The Morgan fingerprint density at radius 3 is 2.82 bits per heavy atom. The van der Waals surface area contributed by atoms with Crippen molar-refractivity contribution in [3.63, 3.8) is 0 Å². The maximum Gasteiger partial charge on any atom is 0.338 e. The van der Waals surface area contributed by atoms with Crippen LogP contribution in [0.3, 0.4) is 0 Å². The highest BCUT2D eigenvalue weighted by atomic mass is 16.6. The Labute approximate surface area is 157 Å². The summed E-state index contributed by atoms with van der Waals surface area (Å²) in [5.74, 6) is -0.805. The van der Waals surface area contributed by atoms with Gasteiger partial charge in [-0.1, -0.05) is 18.2 Å². The van der Waals surface area contributed by atoms with E-state index in [0.717, 1.165) is 0 Å². The van der Waals surface area contributed by atoms with Gasteiger partial charge >= 0.3 is 5.97 Å². The summed E-state index contributed by atoms with van der Waals surface area (Å²) in [4.78, 5) is 34.8. The number of carbonyl (C=O) groups is 1. The van der Waals surface area contributed by atoms with E-state index < -0.39 is 42.7 Å². The van der Waals surface area contributed by atoms with E-state index >= 15 is 0 Å². The molecule has 0 saturated carbocycles. The van der Waals surface area contributed by atoms with Gasteiger partial charge in [0.2, 0.25) is 5.95 Å². The van der Waals surface area contributed by atoms with Gasteiger partial charge < -0.3 is 25.4 Å². The third kappa shape index (κ3) is 3.01. The van der Waals surface area contributed by atoms with Crippen LogP contribution in [0.15, 0.2) is 41.5 Å². The molecule has 11 nitrogen and oxygen atoms in total. The molecule has 0 spiro atoms. The third-order valence-corrected chi connectivity index (χ3v) is 4.47. The number of aromatic nitrogens is 4. The van der Waals surface area contributed by atoms with E-state index in [2.05, 4.69) is 15.0 Å². The second-order valence-electron chi connectivity index (χ2n) is 6.25. The van der Waals surface area contributed by atoms with E-state index in [1.165, 1.54) is 10.9 Å². The monoisotopic (exact) mass is 387 g/mol. The van der Waals surface area contributed by atoms with Crippen molar-refractivity contribution >= 4 is 23.1 Å².